The highest BCUT2D eigenvalue weighted by molar-refractivity contribution is 7.11. The molecule has 0 aromatic carbocycles. The maximum absolute atomic E-state index is 12.3. The lowest BCUT2D eigenvalue weighted by Gasteiger charge is -2.41. The molecule has 0 atom stereocenters. The standard InChI is InChI=1S/C12H19N3OS/c1-9-14-6-10(17-9)7-15(2)11(16)12(8-13)4-3-5-12/h6H,3-5,7-8,13H2,1-2H3. The van der Waals surface area contributed by atoms with Gasteiger partial charge in [-0.25, -0.2) is 4.98 Å². The number of nitrogens with zero attached hydrogens (tertiary/aromatic N) is 2. The second kappa shape index (κ2) is 4.74. The quantitative estimate of drug-likeness (QED) is 0.885. The Morgan fingerprint density at radius 3 is 2.76 bits per heavy atom. The first-order chi connectivity index (χ1) is 8.07. The largest absolute Gasteiger partial charge is 0.340 e. The van der Waals surface area contributed by atoms with Crippen LogP contribution in [-0.4, -0.2) is 29.4 Å². The predicted octanol–water partition coefficient (Wildman–Crippen LogP) is 1.54. The van der Waals surface area contributed by atoms with E-state index in [-0.39, 0.29) is 11.3 Å². The van der Waals surface area contributed by atoms with E-state index >= 15 is 0 Å². The van der Waals surface area contributed by atoms with Crippen molar-refractivity contribution in [1.29, 1.82) is 0 Å². The zero-order valence-electron chi connectivity index (χ0n) is 10.4. The van der Waals surface area contributed by atoms with Gasteiger partial charge in [0.1, 0.15) is 0 Å². The minimum Gasteiger partial charge on any atom is -0.340 e. The average molecular weight is 253 g/mol. The van der Waals surface area contributed by atoms with Crippen LogP contribution in [0.4, 0.5) is 0 Å². The van der Waals surface area contributed by atoms with Gasteiger partial charge in [0.15, 0.2) is 0 Å². The summed E-state index contributed by atoms with van der Waals surface area (Å²) in [6.07, 6.45) is 4.85. The summed E-state index contributed by atoms with van der Waals surface area (Å²) < 4.78 is 0. The molecule has 1 aromatic rings. The van der Waals surface area contributed by atoms with E-state index in [0.29, 0.717) is 13.1 Å². The molecule has 94 valence electrons. The van der Waals surface area contributed by atoms with Gasteiger partial charge < -0.3 is 10.6 Å². The van der Waals surface area contributed by atoms with Gasteiger partial charge in [0.25, 0.3) is 0 Å². The summed E-state index contributed by atoms with van der Waals surface area (Å²) in [5.41, 5.74) is 5.48. The molecule has 4 nitrogen and oxygen atoms in total. The van der Waals surface area contributed by atoms with Crippen LogP contribution in [0.25, 0.3) is 0 Å². The molecule has 0 bridgehead atoms. The van der Waals surface area contributed by atoms with E-state index in [2.05, 4.69) is 4.98 Å². The number of carbonyl (C=O) groups is 1. The Labute approximate surface area is 106 Å². The molecule has 1 aromatic heterocycles. The Morgan fingerprint density at radius 1 is 1.65 bits per heavy atom. The zero-order valence-corrected chi connectivity index (χ0v) is 11.2. The van der Waals surface area contributed by atoms with Gasteiger partial charge in [0, 0.05) is 24.7 Å². The minimum absolute atomic E-state index is 0.192. The molecule has 1 fully saturated rings. The van der Waals surface area contributed by atoms with Gasteiger partial charge in [0.05, 0.1) is 17.0 Å². The van der Waals surface area contributed by atoms with E-state index in [0.717, 1.165) is 29.1 Å². The van der Waals surface area contributed by atoms with E-state index in [1.165, 1.54) is 0 Å². The molecule has 2 rings (SSSR count). The summed E-state index contributed by atoms with van der Waals surface area (Å²) in [4.78, 5) is 19.4. The number of aromatic nitrogens is 1. The highest BCUT2D eigenvalue weighted by atomic mass is 32.1. The summed E-state index contributed by atoms with van der Waals surface area (Å²) in [5, 5.41) is 1.04. The number of nitrogens with two attached hydrogens (primary N) is 1. The lowest BCUT2D eigenvalue weighted by atomic mass is 9.68. The summed E-state index contributed by atoms with van der Waals surface area (Å²) >= 11 is 1.64. The first-order valence-electron chi connectivity index (χ1n) is 5.94. The topological polar surface area (TPSA) is 59.2 Å². The fourth-order valence-corrected chi connectivity index (χ4v) is 3.15. The number of carbonyl (C=O) groups excluding carboxylic acids is 1. The Balaban J connectivity index is 2.00. The lowest BCUT2D eigenvalue weighted by Crippen LogP contribution is -2.50. The molecule has 0 saturated heterocycles. The van der Waals surface area contributed by atoms with Crippen molar-refractivity contribution in [2.45, 2.75) is 32.7 Å². The predicted molar refractivity (Wildman–Crippen MR) is 68.7 cm³/mol. The molecular formula is C12H19N3OS. The van der Waals surface area contributed by atoms with Crippen LogP contribution in [-0.2, 0) is 11.3 Å². The number of rotatable bonds is 4. The minimum atomic E-state index is -0.269. The molecule has 0 aliphatic heterocycles. The zero-order chi connectivity index (χ0) is 12.5. The third kappa shape index (κ3) is 2.35. The maximum atomic E-state index is 12.3. The molecule has 17 heavy (non-hydrogen) atoms. The molecule has 1 aliphatic rings. The van der Waals surface area contributed by atoms with Crippen LogP contribution < -0.4 is 5.73 Å². The maximum Gasteiger partial charge on any atom is 0.230 e. The van der Waals surface area contributed by atoms with Crippen LogP contribution in [0.3, 0.4) is 0 Å². The van der Waals surface area contributed by atoms with Crippen LogP contribution in [0.1, 0.15) is 29.1 Å². The van der Waals surface area contributed by atoms with Gasteiger partial charge in [-0.05, 0) is 19.8 Å². The van der Waals surface area contributed by atoms with Gasteiger partial charge in [-0.15, -0.1) is 11.3 Å². The number of hydrogen-bond donors (Lipinski definition) is 1. The van der Waals surface area contributed by atoms with Crippen molar-refractivity contribution < 1.29 is 4.79 Å². The molecule has 0 radical (unpaired) electrons. The van der Waals surface area contributed by atoms with Crippen molar-refractivity contribution >= 4 is 17.2 Å². The summed E-state index contributed by atoms with van der Waals surface area (Å²) in [5.74, 6) is 0.192. The molecule has 2 N–H and O–H groups in total. The molecule has 1 amide bonds. The Bertz CT molecular complexity index is 406. The van der Waals surface area contributed by atoms with Gasteiger partial charge in [-0.3, -0.25) is 4.79 Å². The van der Waals surface area contributed by atoms with Crippen molar-refractivity contribution in [1.82, 2.24) is 9.88 Å². The van der Waals surface area contributed by atoms with Crippen molar-refractivity contribution in [3.63, 3.8) is 0 Å². The molecule has 0 spiro atoms. The molecule has 1 saturated carbocycles. The fraction of sp³-hybridized carbons (Fsp3) is 0.667. The van der Waals surface area contributed by atoms with E-state index in [1.54, 1.807) is 16.2 Å². The van der Waals surface area contributed by atoms with Crippen LogP contribution >= 0.6 is 11.3 Å². The normalized spacial score (nSPS) is 17.6. The van der Waals surface area contributed by atoms with E-state index in [4.69, 9.17) is 5.73 Å². The van der Waals surface area contributed by atoms with Gasteiger partial charge in [-0.1, -0.05) is 6.42 Å². The highest BCUT2D eigenvalue weighted by Gasteiger charge is 2.44. The number of hydrogen-bond acceptors (Lipinski definition) is 4. The SMILES string of the molecule is Cc1ncc(CN(C)C(=O)C2(CN)CCC2)s1. The Morgan fingerprint density at radius 2 is 2.35 bits per heavy atom. The number of amides is 1. The van der Waals surface area contributed by atoms with E-state index in [1.807, 2.05) is 20.2 Å². The van der Waals surface area contributed by atoms with Gasteiger partial charge >= 0.3 is 0 Å². The van der Waals surface area contributed by atoms with Crippen LogP contribution in [0.15, 0.2) is 6.20 Å². The van der Waals surface area contributed by atoms with Crippen LogP contribution in [0.5, 0.6) is 0 Å². The van der Waals surface area contributed by atoms with Crippen molar-refractivity contribution in [2.24, 2.45) is 11.1 Å². The van der Waals surface area contributed by atoms with Crippen LogP contribution in [0, 0.1) is 12.3 Å². The van der Waals surface area contributed by atoms with Crippen molar-refractivity contribution in [3.8, 4) is 0 Å². The monoisotopic (exact) mass is 253 g/mol. The van der Waals surface area contributed by atoms with E-state index in [9.17, 15) is 4.79 Å². The third-order valence-corrected chi connectivity index (χ3v) is 4.46. The average Bonchev–Trinajstić information content (AvgIpc) is 2.63. The first-order valence-corrected chi connectivity index (χ1v) is 6.76. The Kier molecular flexibility index (Phi) is 3.49. The Hall–Kier alpha value is -0.940. The summed E-state index contributed by atoms with van der Waals surface area (Å²) in [6, 6.07) is 0. The van der Waals surface area contributed by atoms with Crippen molar-refractivity contribution in [3.05, 3.63) is 16.1 Å². The lowest BCUT2D eigenvalue weighted by molar-refractivity contribution is -0.145. The third-order valence-electron chi connectivity index (χ3n) is 3.56. The van der Waals surface area contributed by atoms with Crippen LogP contribution in [0.2, 0.25) is 0 Å². The summed E-state index contributed by atoms with van der Waals surface area (Å²) in [6.45, 7) is 3.09. The number of thiazole rings is 1. The fourth-order valence-electron chi connectivity index (χ4n) is 2.30. The highest BCUT2D eigenvalue weighted by Crippen LogP contribution is 2.41. The van der Waals surface area contributed by atoms with Gasteiger partial charge in [0.2, 0.25) is 5.91 Å². The van der Waals surface area contributed by atoms with E-state index < -0.39 is 0 Å². The van der Waals surface area contributed by atoms with Crippen molar-refractivity contribution in [2.75, 3.05) is 13.6 Å². The number of aryl methyl sites for hydroxylation is 1. The first kappa shape index (κ1) is 12.5. The molecule has 0 unspecified atom stereocenters. The second-order valence-electron chi connectivity index (χ2n) is 4.84. The molecular weight excluding hydrogens is 234 g/mol. The smallest absolute Gasteiger partial charge is 0.230 e. The second-order valence-corrected chi connectivity index (χ2v) is 6.16. The molecule has 5 heteroatoms. The van der Waals surface area contributed by atoms with Gasteiger partial charge in [-0.2, -0.15) is 0 Å². The summed E-state index contributed by atoms with van der Waals surface area (Å²) in [7, 11) is 1.85. The molecule has 1 aliphatic carbocycles. The molecule has 1 heterocycles.